The van der Waals surface area contributed by atoms with Crippen LogP contribution >= 0.6 is 0 Å². The van der Waals surface area contributed by atoms with Crippen molar-refractivity contribution < 1.29 is 32.2 Å². The molecule has 0 aliphatic rings. The van der Waals surface area contributed by atoms with Crippen molar-refractivity contribution in [1.29, 1.82) is 0 Å². The van der Waals surface area contributed by atoms with Gasteiger partial charge in [-0.2, -0.15) is 13.2 Å². The van der Waals surface area contributed by atoms with E-state index >= 15 is 0 Å². The van der Waals surface area contributed by atoms with Crippen LogP contribution in [-0.4, -0.2) is 30.3 Å². The van der Waals surface area contributed by atoms with Gasteiger partial charge in [0.15, 0.2) is 6.10 Å². The van der Waals surface area contributed by atoms with Crippen LogP contribution in [0.4, 0.5) is 13.2 Å². The van der Waals surface area contributed by atoms with Gasteiger partial charge in [-0.25, -0.2) is 0 Å². The van der Waals surface area contributed by atoms with Gasteiger partial charge in [-0.3, -0.25) is 9.59 Å². The lowest BCUT2D eigenvalue weighted by molar-refractivity contribution is -0.216. The SMILES string of the molecule is CCCCCC(C)OC(=O)CCCC(=O)OC(C)C(F)(F)F. The van der Waals surface area contributed by atoms with E-state index in [-0.39, 0.29) is 25.4 Å². The minimum atomic E-state index is -4.57. The minimum absolute atomic E-state index is 0.00633. The van der Waals surface area contributed by atoms with E-state index in [1.807, 2.05) is 0 Å². The number of alkyl halides is 3. The van der Waals surface area contributed by atoms with Gasteiger partial charge in [-0.1, -0.05) is 19.8 Å². The van der Waals surface area contributed by atoms with E-state index < -0.39 is 24.2 Å². The first-order valence-corrected chi connectivity index (χ1v) is 7.62. The van der Waals surface area contributed by atoms with Gasteiger partial charge in [-0.15, -0.1) is 0 Å². The lowest BCUT2D eigenvalue weighted by Gasteiger charge is -2.16. The van der Waals surface area contributed by atoms with Crippen molar-refractivity contribution in [3.05, 3.63) is 0 Å². The highest BCUT2D eigenvalue weighted by atomic mass is 19.4. The molecule has 0 aromatic rings. The van der Waals surface area contributed by atoms with Crippen molar-refractivity contribution >= 4 is 11.9 Å². The summed E-state index contributed by atoms with van der Waals surface area (Å²) in [5.41, 5.74) is 0. The lowest BCUT2D eigenvalue weighted by atomic mass is 10.1. The van der Waals surface area contributed by atoms with Gasteiger partial charge in [0, 0.05) is 12.8 Å². The number of carbonyl (C=O) groups is 2. The molecule has 0 heterocycles. The number of halogens is 3. The summed E-state index contributed by atoms with van der Waals surface area (Å²) in [5.74, 6) is -1.41. The third-order valence-corrected chi connectivity index (χ3v) is 3.08. The largest absolute Gasteiger partial charge is 0.463 e. The van der Waals surface area contributed by atoms with Crippen LogP contribution < -0.4 is 0 Å². The molecule has 0 aromatic heterocycles. The van der Waals surface area contributed by atoms with Crippen LogP contribution in [0.1, 0.15) is 65.7 Å². The molecule has 0 fully saturated rings. The number of hydrogen-bond donors (Lipinski definition) is 0. The first-order chi connectivity index (χ1) is 10.2. The summed E-state index contributed by atoms with van der Waals surface area (Å²) >= 11 is 0. The molecule has 0 saturated heterocycles. The van der Waals surface area contributed by atoms with Crippen LogP contribution in [0.2, 0.25) is 0 Å². The number of rotatable bonds is 10. The highest BCUT2D eigenvalue weighted by molar-refractivity contribution is 5.72. The molecule has 0 aliphatic carbocycles. The molecular formula is C15H25F3O4. The Morgan fingerprint density at radius 1 is 0.955 bits per heavy atom. The number of hydrogen-bond acceptors (Lipinski definition) is 4. The summed E-state index contributed by atoms with van der Waals surface area (Å²) in [6, 6.07) is 0. The second-order valence-corrected chi connectivity index (χ2v) is 5.32. The van der Waals surface area contributed by atoms with E-state index in [1.165, 1.54) is 0 Å². The molecule has 0 rings (SSSR count). The zero-order chi connectivity index (χ0) is 17.2. The van der Waals surface area contributed by atoms with Gasteiger partial charge >= 0.3 is 18.1 Å². The zero-order valence-corrected chi connectivity index (χ0v) is 13.4. The Bertz CT molecular complexity index is 342. The van der Waals surface area contributed by atoms with E-state index in [1.54, 1.807) is 6.92 Å². The molecular weight excluding hydrogens is 301 g/mol. The van der Waals surface area contributed by atoms with Crippen molar-refractivity contribution in [1.82, 2.24) is 0 Å². The summed E-state index contributed by atoms with van der Waals surface area (Å²) < 4.78 is 45.9. The van der Waals surface area contributed by atoms with E-state index in [2.05, 4.69) is 11.7 Å². The van der Waals surface area contributed by atoms with Crippen molar-refractivity contribution in [3.63, 3.8) is 0 Å². The fourth-order valence-electron chi connectivity index (χ4n) is 1.72. The third-order valence-electron chi connectivity index (χ3n) is 3.08. The van der Waals surface area contributed by atoms with Gasteiger partial charge in [0.25, 0.3) is 0 Å². The smallest absolute Gasteiger partial charge is 0.425 e. The number of esters is 2. The predicted molar refractivity (Wildman–Crippen MR) is 75.2 cm³/mol. The van der Waals surface area contributed by atoms with E-state index in [0.717, 1.165) is 32.6 Å². The zero-order valence-electron chi connectivity index (χ0n) is 13.4. The normalized spacial score (nSPS) is 14.3. The van der Waals surface area contributed by atoms with Gasteiger partial charge < -0.3 is 9.47 Å². The Balaban J connectivity index is 3.81. The molecule has 0 radical (unpaired) electrons. The van der Waals surface area contributed by atoms with Crippen molar-refractivity contribution in [2.75, 3.05) is 0 Å². The quantitative estimate of drug-likeness (QED) is 0.447. The summed E-state index contributed by atoms with van der Waals surface area (Å²) in [7, 11) is 0. The standard InChI is InChI=1S/C15H25F3O4/c1-4-5-6-8-11(2)21-13(19)9-7-10-14(20)22-12(3)15(16,17)18/h11-12H,4-10H2,1-3H3. The Morgan fingerprint density at radius 3 is 2.00 bits per heavy atom. The van der Waals surface area contributed by atoms with Crippen molar-refractivity contribution in [2.24, 2.45) is 0 Å². The highest BCUT2D eigenvalue weighted by Crippen LogP contribution is 2.22. The van der Waals surface area contributed by atoms with E-state index in [4.69, 9.17) is 4.74 Å². The Kier molecular flexibility index (Phi) is 9.85. The number of unbranched alkanes of at least 4 members (excludes halogenated alkanes) is 2. The molecule has 0 amide bonds. The summed E-state index contributed by atoms with van der Waals surface area (Å²) in [4.78, 5) is 22.7. The lowest BCUT2D eigenvalue weighted by Crippen LogP contribution is -2.30. The second-order valence-electron chi connectivity index (χ2n) is 5.32. The average molecular weight is 326 g/mol. The molecule has 22 heavy (non-hydrogen) atoms. The Labute approximate surface area is 129 Å². The summed E-state index contributed by atoms with van der Waals surface area (Å²) in [5, 5.41) is 0. The maximum atomic E-state index is 12.2. The van der Waals surface area contributed by atoms with Crippen LogP contribution in [0, 0.1) is 0 Å². The summed E-state index contributed by atoms with van der Waals surface area (Å²) in [6.45, 7) is 4.65. The van der Waals surface area contributed by atoms with E-state index in [0.29, 0.717) is 0 Å². The topological polar surface area (TPSA) is 52.6 Å². The molecule has 2 unspecified atom stereocenters. The molecule has 0 bridgehead atoms. The first-order valence-electron chi connectivity index (χ1n) is 7.62. The van der Waals surface area contributed by atoms with E-state index in [9.17, 15) is 22.8 Å². The predicted octanol–water partition coefficient (Wildman–Crippen LogP) is 4.16. The fourth-order valence-corrected chi connectivity index (χ4v) is 1.72. The molecule has 2 atom stereocenters. The van der Waals surface area contributed by atoms with Gasteiger partial charge in [0.2, 0.25) is 0 Å². The number of ether oxygens (including phenoxy) is 2. The molecule has 0 spiro atoms. The minimum Gasteiger partial charge on any atom is -0.463 e. The molecule has 7 heteroatoms. The monoisotopic (exact) mass is 326 g/mol. The Morgan fingerprint density at radius 2 is 1.50 bits per heavy atom. The fraction of sp³-hybridized carbons (Fsp3) is 0.867. The second kappa shape index (κ2) is 10.5. The highest BCUT2D eigenvalue weighted by Gasteiger charge is 2.38. The van der Waals surface area contributed by atoms with Gasteiger partial charge in [0.05, 0.1) is 6.10 Å². The van der Waals surface area contributed by atoms with Crippen molar-refractivity contribution in [3.8, 4) is 0 Å². The molecule has 4 nitrogen and oxygen atoms in total. The van der Waals surface area contributed by atoms with Crippen LogP contribution in [0.25, 0.3) is 0 Å². The Hall–Kier alpha value is -1.27. The molecule has 0 N–H and O–H groups in total. The summed E-state index contributed by atoms with van der Waals surface area (Å²) in [6.07, 6.45) is -3.09. The maximum absolute atomic E-state index is 12.2. The molecule has 0 aliphatic heterocycles. The molecule has 0 aromatic carbocycles. The maximum Gasteiger partial charge on any atom is 0.425 e. The number of carbonyl (C=O) groups excluding carboxylic acids is 2. The van der Waals surface area contributed by atoms with Gasteiger partial charge in [0.1, 0.15) is 0 Å². The van der Waals surface area contributed by atoms with Gasteiger partial charge in [-0.05, 0) is 33.1 Å². The van der Waals surface area contributed by atoms with Crippen LogP contribution in [-0.2, 0) is 19.1 Å². The van der Waals surface area contributed by atoms with Crippen LogP contribution in [0.5, 0.6) is 0 Å². The van der Waals surface area contributed by atoms with Crippen LogP contribution in [0.15, 0.2) is 0 Å². The third kappa shape index (κ3) is 10.5. The average Bonchev–Trinajstić information content (AvgIpc) is 2.37. The van der Waals surface area contributed by atoms with Crippen LogP contribution in [0.3, 0.4) is 0 Å². The van der Waals surface area contributed by atoms with Crippen molar-refractivity contribution in [2.45, 2.75) is 84.1 Å². The first kappa shape index (κ1) is 20.7. The molecule has 0 saturated carbocycles. The molecule has 130 valence electrons.